The number of carbonyl (C=O) groups excluding carboxylic acids is 14. The first kappa shape index (κ1) is 92.7. The molecule has 2 aromatic rings. The number of H-pyrrole nitrogens is 1. The summed E-state index contributed by atoms with van der Waals surface area (Å²) in [5.41, 5.74) is 6.76. The lowest BCUT2D eigenvalue weighted by atomic mass is 10.0. The minimum Gasteiger partial charge on any atom is -0.481 e. The number of nitrogens with zero attached hydrogens (tertiary/aromatic N) is 1. The van der Waals surface area contributed by atoms with Gasteiger partial charge in [0.2, 0.25) is 82.7 Å². The summed E-state index contributed by atoms with van der Waals surface area (Å²) in [6.07, 6.45) is -4.82. The predicted octanol–water partition coefficient (Wildman–Crippen LogP) is -7.18. The molecule has 3 rings (SSSR count). The number of hydrogen-bond acceptors (Lipinski definition) is 25. The van der Waals surface area contributed by atoms with Crippen molar-refractivity contribution in [2.45, 2.75) is 196 Å². The number of carboxylic acid groups (broad SMARTS) is 4. The van der Waals surface area contributed by atoms with Crippen LogP contribution in [0.5, 0.6) is 0 Å². The second-order valence-corrected chi connectivity index (χ2v) is 27.2. The predicted molar refractivity (Wildman–Crippen MR) is 394 cm³/mol. The largest absolute Gasteiger partial charge is 0.481 e. The Morgan fingerprint density at radius 1 is 0.500 bits per heavy atom. The van der Waals surface area contributed by atoms with Gasteiger partial charge in [-0.2, -0.15) is 50.5 Å². The van der Waals surface area contributed by atoms with Crippen LogP contribution in [-0.2, 0) is 92.7 Å². The van der Waals surface area contributed by atoms with Gasteiger partial charge in [0, 0.05) is 65.9 Å². The van der Waals surface area contributed by atoms with Crippen LogP contribution in [0.3, 0.4) is 0 Å². The molecule has 1 aliphatic rings. The maximum atomic E-state index is 14.3. The van der Waals surface area contributed by atoms with Gasteiger partial charge < -0.3 is 115 Å². The fourth-order valence-electron chi connectivity index (χ4n) is 10.6. The number of likely N-dealkylation sites (tertiary alicyclic amines) is 1. The van der Waals surface area contributed by atoms with Crippen molar-refractivity contribution in [1.82, 2.24) is 79.0 Å². The highest BCUT2D eigenvalue weighted by Crippen LogP contribution is 2.22. The lowest BCUT2D eigenvalue weighted by Gasteiger charge is -2.30. The number of aliphatic hydroxyl groups excluding tert-OH is 2. The molecular formula is C64H96N16O24S4. The summed E-state index contributed by atoms with van der Waals surface area (Å²) in [6, 6.07) is -15.1. The van der Waals surface area contributed by atoms with Gasteiger partial charge in [-0.3, -0.25) is 81.5 Å². The number of rotatable bonds is 46. The molecule has 44 heteroatoms. The molecule has 0 aliphatic carbocycles. The minimum atomic E-state index is -2.05. The first-order valence-corrected chi connectivity index (χ1v) is 36.4. The highest BCUT2D eigenvalue weighted by Gasteiger charge is 2.41. The molecule has 1 fully saturated rings. The number of fused-ring (bicyclic) bond motifs is 1. The Morgan fingerprint density at radius 3 is 1.47 bits per heavy atom. The molecule has 2 heterocycles. The van der Waals surface area contributed by atoms with Gasteiger partial charge in [-0.1, -0.05) is 32.0 Å². The quantitative estimate of drug-likeness (QED) is 0.0274. The molecule has 108 heavy (non-hydrogen) atoms. The first-order valence-electron chi connectivity index (χ1n) is 33.9. The molecule has 40 nitrogen and oxygen atoms in total. The number of thiol groups is 4. The molecule has 1 saturated heterocycles. The third-order valence-electron chi connectivity index (χ3n) is 16.5. The maximum Gasteiger partial charge on any atom is 0.328 e. The number of aromatic nitrogens is 1. The summed E-state index contributed by atoms with van der Waals surface area (Å²) in [7, 11) is 0. The fraction of sp³-hybridized carbons (Fsp3) is 0.594. The van der Waals surface area contributed by atoms with Gasteiger partial charge in [0.15, 0.2) is 6.04 Å². The zero-order valence-electron chi connectivity index (χ0n) is 59.7. The van der Waals surface area contributed by atoms with Crippen LogP contribution in [0.1, 0.15) is 98.5 Å². The number of amides is 14. The van der Waals surface area contributed by atoms with Crippen LogP contribution in [-0.4, -0.2) is 280 Å². The van der Waals surface area contributed by atoms with Gasteiger partial charge in [0.1, 0.15) is 72.5 Å². The van der Waals surface area contributed by atoms with Crippen molar-refractivity contribution in [3.63, 3.8) is 0 Å². The second-order valence-electron chi connectivity index (χ2n) is 25.7. The number of carbonyl (C=O) groups is 18. The minimum absolute atomic E-state index is 0.0589. The van der Waals surface area contributed by atoms with E-state index in [4.69, 9.17) is 10.8 Å². The van der Waals surface area contributed by atoms with Crippen LogP contribution in [0.15, 0.2) is 30.5 Å². The molecule has 0 radical (unpaired) electrons. The van der Waals surface area contributed by atoms with E-state index in [0.29, 0.717) is 22.9 Å². The van der Waals surface area contributed by atoms with E-state index in [0.717, 1.165) is 13.8 Å². The van der Waals surface area contributed by atoms with Crippen molar-refractivity contribution in [3.05, 3.63) is 36.0 Å². The highest BCUT2D eigenvalue weighted by atomic mass is 32.1. The Bertz CT molecular complexity index is 3590. The molecule has 1 aliphatic heterocycles. The van der Waals surface area contributed by atoms with E-state index < -0.39 is 253 Å². The Hall–Kier alpha value is -9.50. The molecule has 1 aromatic heterocycles. The van der Waals surface area contributed by atoms with Crippen molar-refractivity contribution >= 4 is 168 Å². The average Bonchev–Trinajstić information content (AvgIpc) is 1.58. The Labute approximate surface area is 640 Å². The highest BCUT2D eigenvalue weighted by molar-refractivity contribution is 7.80. The summed E-state index contributed by atoms with van der Waals surface area (Å²) < 4.78 is 0. The normalized spacial score (nSPS) is 16.8. The van der Waals surface area contributed by atoms with Gasteiger partial charge in [-0.15, -0.1) is 0 Å². The molecule has 0 saturated carbocycles. The Kier molecular flexibility index (Phi) is 38.9. The van der Waals surface area contributed by atoms with Gasteiger partial charge in [-0.05, 0) is 77.3 Å². The number of nitrogens with one attached hydrogen (secondary N) is 14. The molecule has 0 unspecified atom stereocenters. The molecule has 0 bridgehead atoms. The number of para-hydroxylation sites is 1. The van der Waals surface area contributed by atoms with E-state index in [1.54, 1.807) is 38.1 Å². The van der Waals surface area contributed by atoms with Crippen molar-refractivity contribution in [2.24, 2.45) is 11.7 Å². The van der Waals surface area contributed by atoms with Gasteiger partial charge in [-0.25, -0.2) is 4.79 Å². The van der Waals surface area contributed by atoms with E-state index >= 15 is 0 Å². The number of nitrogens with two attached hydrogens (primary N) is 1. The second kappa shape index (κ2) is 45.3. The van der Waals surface area contributed by atoms with E-state index in [-0.39, 0.29) is 43.9 Å². The number of aliphatic hydroxyl groups is 2. The summed E-state index contributed by atoms with van der Waals surface area (Å²) in [6.45, 7) is 7.33. The van der Waals surface area contributed by atoms with Crippen LogP contribution in [0.4, 0.5) is 0 Å². The van der Waals surface area contributed by atoms with Gasteiger partial charge in [0.25, 0.3) is 0 Å². The SMILES string of the molecule is CC(C)C[C@H](NC(=O)[C@@H]1CCCN1C(=O)[C@H](C)NC(=O)[C@H](C)NC(=O)[C@@H](NC(=O)[C@H](CS)NC(=O)[C@H](CS)NC(=O)[C@H](Cc1c[nH]c2ccccc12)NC(=O)CNC(=O)[C@H](CC(=O)O)NC(=O)[C@H](CCC(=O)O)NC(=O)[C@H](CS)NC(=O)[C@H](CS)NC(=O)[C@@H](N)CCC(=O)O)[C@@H](C)O)C(=O)N[C@H](C(=O)O)[C@@H](C)O. The fourth-order valence-corrected chi connectivity index (χ4v) is 11.6. The standard InChI is InChI=1S/C64H96N16O24S4/c1-27(2)18-37(56(95)79-50(31(6)82)64(103)104)73-61(100)44-12-9-17-80(44)63(102)29(4)69-51(90)28(3)68-62(101)49(30(5)81)78-60(99)43(26-108)77-59(98)42(25-107)75-55(94)38(19-32-21-66-35-11-8-7-10-33(32)35)70-45(83)22-67-53(92)39(20-48(88)89)72-54(93)36(14-16-47(86)87)71-57(96)41(24-106)76-58(97)40(23-105)74-52(91)34(65)13-15-46(84)85/h7-8,10-11,21,27-31,34,36-44,49-50,66,81-82,105-108H,9,12-20,22-26,65H2,1-6H3,(H,67,92)(H,68,101)(H,69,90)(H,70,83)(H,71,96)(H,72,93)(H,73,100)(H,74,91)(H,75,94)(H,76,97)(H,77,98)(H,78,99)(H,79,95)(H,84,85)(H,86,87)(H,88,89)(H,103,104)/t28-,29-,30+,31+,34-,36-,37-,38-,39-,40-,41-,42-,43-,44-,49-,50-/m0/s1. The molecule has 1 aromatic carbocycles. The zero-order valence-corrected chi connectivity index (χ0v) is 63.2. The monoisotopic (exact) mass is 1600 g/mol. The van der Waals surface area contributed by atoms with E-state index in [1.807, 2.05) is 0 Å². The molecule has 0 spiro atoms. The Morgan fingerprint density at radius 2 is 0.963 bits per heavy atom. The number of hydrogen-bond donors (Lipinski definition) is 25. The van der Waals surface area contributed by atoms with Gasteiger partial charge >= 0.3 is 23.9 Å². The van der Waals surface area contributed by atoms with Crippen LogP contribution in [0, 0.1) is 5.92 Å². The smallest absolute Gasteiger partial charge is 0.328 e. The first-order chi connectivity index (χ1) is 50.7. The van der Waals surface area contributed by atoms with E-state index in [1.165, 1.54) is 24.9 Å². The molecular weight excluding hydrogens is 1510 g/mol. The van der Waals surface area contributed by atoms with Crippen LogP contribution in [0.2, 0.25) is 0 Å². The molecule has 600 valence electrons. The lowest BCUT2D eigenvalue weighted by Crippen LogP contribution is -2.62. The summed E-state index contributed by atoms with van der Waals surface area (Å²) >= 11 is 16.5. The number of benzene rings is 1. The van der Waals surface area contributed by atoms with Crippen molar-refractivity contribution < 1.29 is 117 Å². The average molecular weight is 1600 g/mol. The van der Waals surface area contributed by atoms with Crippen LogP contribution < -0.4 is 74.9 Å². The molecule has 22 N–H and O–H groups in total. The maximum absolute atomic E-state index is 14.3. The topological polar surface area (TPSA) is 630 Å². The number of aliphatic carboxylic acids is 4. The van der Waals surface area contributed by atoms with Gasteiger partial charge in [0.05, 0.1) is 31.2 Å². The zero-order chi connectivity index (χ0) is 81.6. The third-order valence-corrected chi connectivity index (χ3v) is 18.0. The van der Waals surface area contributed by atoms with Crippen molar-refractivity contribution in [2.75, 3.05) is 36.1 Å². The summed E-state index contributed by atoms with van der Waals surface area (Å²) in [5, 5.41) is 88.9. The van der Waals surface area contributed by atoms with Crippen molar-refractivity contribution in [3.8, 4) is 0 Å². The van der Waals surface area contributed by atoms with Crippen molar-refractivity contribution in [1.29, 1.82) is 0 Å². The van der Waals surface area contributed by atoms with Crippen LogP contribution >= 0.6 is 50.5 Å². The van der Waals surface area contributed by atoms with Crippen LogP contribution in [0.25, 0.3) is 10.9 Å². The summed E-state index contributed by atoms with van der Waals surface area (Å²) in [4.78, 5) is 241. The number of aromatic amines is 1. The third kappa shape index (κ3) is 29.9. The van der Waals surface area contributed by atoms with E-state index in [2.05, 4.69) is 125 Å². The molecule has 14 amide bonds. The Balaban J connectivity index is 1.73. The lowest BCUT2D eigenvalue weighted by molar-refractivity contribution is -0.146. The number of carboxylic acids is 4. The summed E-state index contributed by atoms with van der Waals surface area (Å²) in [5.74, 6) is -22.4. The van der Waals surface area contributed by atoms with E-state index in [9.17, 15) is 112 Å². The molecule has 16 atom stereocenters.